The molecule has 1 aromatic carbocycles. The Hall–Kier alpha value is -0.693. The molecule has 2 aromatic rings. The van der Waals surface area contributed by atoms with E-state index in [1.807, 2.05) is 18.2 Å². The third-order valence-corrected chi connectivity index (χ3v) is 5.94. The van der Waals surface area contributed by atoms with E-state index in [4.69, 9.17) is 16.3 Å². The fourth-order valence-electron chi connectivity index (χ4n) is 1.75. The maximum atomic E-state index is 6.13. The van der Waals surface area contributed by atoms with Crippen molar-refractivity contribution >= 4 is 35.6 Å². The highest BCUT2D eigenvalue weighted by atomic mass is 79.9. The average molecular weight is 389 g/mol. The zero-order valence-electron chi connectivity index (χ0n) is 12.4. The third-order valence-electron chi connectivity index (χ3n) is 3.00. The lowest BCUT2D eigenvalue weighted by atomic mass is 10.2. The first kappa shape index (κ1) is 16.7. The van der Waals surface area contributed by atoms with Crippen molar-refractivity contribution in [3.63, 3.8) is 0 Å². The number of halogens is 2. The lowest BCUT2D eigenvalue weighted by molar-refractivity contribution is 0.0796. The summed E-state index contributed by atoms with van der Waals surface area (Å²) >= 11 is 9.51. The van der Waals surface area contributed by atoms with Gasteiger partial charge in [0.2, 0.25) is 0 Å². The Labute approximate surface area is 139 Å². The molecule has 0 saturated carbocycles. The molecule has 0 bridgehead atoms. The summed E-state index contributed by atoms with van der Waals surface area (Å²) in [5.41, 5.74) is 0.925. The maximum Gasteiger partial charge on any atom is 0.160 e. The number of ether oxygens (including phenoxy) is 1. The normalized spacial score (nSPS) is 11.9. The first-order chi connectivity index (χ1) is 9.87. The van der Waals surface area contributed by atoms with Crippen LogP contribution in [0.15, 0.2) is 29.0 Å². The van der Waals surface area contributed by atoms with Gasteiger partial charge < -0.3 is 4.74 Å². The zero-order valence-corrected chi connectivity index (χ0v) is 15.8. The molecule has 0 amide bonds. The fraction of sp³-hybridized carbons (Fsp3) is 0.429. The molecule has 7 heteroatoms. The SMILES string of the molecule is C[Si](C)(C)CCOCn1ncnc1-c1ccc(Br)c(Cl)c1. The van der Waals surface area contributed by atoms with E-state index >= 15 is 0 Å². The van der Waals surface area contributed by atoms with E-state index in [0.29, 0.717) is 11.8 Å². The van der Waals surface area contributed by atoms with Crippen molar-refractivity contribution in [2.45, 2.75) is 32.4 Å². The van der Waals surface area contributed by atoms with Crippen LogP contribution in [0.1, 0.15) is 0 Å². The van der Waals surface area contributed by atoms with E-state index in [1.54, 1.807) is 4.68 Å². The number of rotatable bonds is 6. The zero-order chi connectivity index (χ0) is 15.5. The van der Waals surface area contributed by atoms with Gasteiger partial charge in [0.1, 0.15) is 13.1 Å². The van der Waals surface area contributed by atoms with E-state index in [0.717, 1.165) is 28.5 Å². The van der Waals surface area contributed by atoms with Crippen LogP contribution in [0.5, 0.6) is 0 Å². The molecule has 0 aliphatic heterocycles. The molecular formula is C14H19BrClN3OSi. The Kier molecular flexibility index (Phi) is 5.59. The van der Waals surface area contributed by atoms with Crippen LogP contribution in [0.3, 0.4) is 0 Å². The minimum Gasteiger partial charge on any atom is -0.359 e. The molecule has 0 unspecified atom stereocenters. The second-order valence-corrected chi connectivity index (χ2v) is 12.9. The van der Waals surface area contributed by atoms with Crippen molar-refractivity contribution in [2.24, 2.45) is 0 Å². The summed E-state index contributed by atoms with van der Waals surface area (Å²) in [7, 11) is -1.06. The summed E-state index contributed by atoms with van der Waals surface area (Å²) in [6, 6.07) is 6.87. The lowest BCUT2D eigenvalue weighted by Gasteiger charge is -2.15. The van der Waals surface area contributed by atoms with Gasteiger partial charge in [-0.3, -0.25) is 0 Å². The van der Waals surface area contributed by atoms with E-state index in [-0.39, 0.29) is 0 Å². The highest BCUT2D eigenvalue weighted by Gasteiger charge is 2.13. The van der Waals surface area contributed by atoms with Crippen LogP contribution in [0, 0.1) is 0 Å². The van der Waals surface area contributed by atoms with Gasteiger partial charge in [0.05, 0.1) is 5.02 Å². The standard InChI is InChI=1S/C14H19BrClN3OSi/c1-21(2,3)7-6-20-10-19-14(17-9-18-19)11-4-5-12(15)13(16)8-11/h4-5,8-9H,6-7,10H2,1-3H3. The van der Waals surface area contributed by atoms with Gasteiger partial charge in [-0.25, -0.2) is 9.67 Å². The summed E-state index contributed by atoms with van der Waals surface area (Å²) in [6.07, 6.45) is 1.53. The Balaban J connectivity index is 2.03. The van der Waals surface area contributed by atoms with Crippen molar-refractivity contribution in [1.29, 1.82) is 0 Å². The summed E-state index contributed by atoms with van der Waals surface area (Å²) in [5.74, 6) is 0.761. The molecule has 0 aliphatic rings. The van der Waals surface area contributed by atoms with Gasteiger partial charge in [0.25, 0.3) is 0 Å². The van der Waals surface area contributed by atoms with Crippen LogP contribution < -0.4 is 0 Å². The predicted molar refractivity (Wildman–Crippen MR) is 92.3 cm³/mol. The fourth-order valence-corrected chi connectivity index (χ4v) is 2.93. The third kappa shape index (κ3) is 4.91. The molecule has 1 aromatic heterocycles. The molecule has 2 rings (SSSR count). The molecule has 0 saturated heterocycles. The molecule has 0 aliphatic carbocycles. The summed E-state index contributed by atoms with van der Waals surface area (Å²) < 4.78 is 8.34. The minimum absolute atomic E-state index is 0.410. The van der Waals surface area contributed by atoms with Gasteiger partial charge in [-0.1, -0.05) is 31.2 Å². The van der Waals surface area contributed by atoms with E-state index in [9.17, 15) is 0 Å². The molecule has 1 heterocycles. The van der Waals surface area contributed by atoms with Crippen molar-refractivity contribution in [3.05, 3.63) is 34.0 Å². The monoisotopic (exact) mass is 387 g/mol. The number of hydrogen-bond acceptors (Lipinski definition) is 3. The summed E-state index contributed by atoms with van der Waals surface area (Å²) in [4.78, 5) is 4.29. The van der Waals surface area contributed by atoms with Crippen LogP contribution in [0.4, 0.5) is 0 Å². The molecule has 0 radical (unpaired) electrons. The molecule has 0 spiro atoms. The first-order valence-corrected chi connectivity index (χ1v) is 11.7. The van der Waals surface area contributed by atoms with Crippen LogP contribution in [-0.4, -0.2) is 29.4 Å². The molecule has 0 N–H and O–H groups in total. The lowest BCUT2D eigenvalue weighted by Crippen LogP contribution is -2.22. The van der Waals surface area contributed by atoms with Crippen LogP contribution in [-0.2, 0) is 11.5 Å². The number of nitrogens with zero attached hydrogens (tertiary/aromatic N) is 3. The Morgan fingerprint density at radius 1 is 1.33 bits per heavy atom. The van der Waals surface area contributed by atoms with Crippen molar-refractivity contribution in [1.82, 2.24) is 14.8 Å². The largest absolute Gasteiger partial charge is 0.359 e. The first-order valence-electron chi connectivity index (χ1n) is 6.78. The highest BCUT2D eigenvalue weighted by molar-refractivity contribution is 9.10. The van der Waals surface area contributed by atoms with E-state index < -0.39 is 8.07 Å². The average Bonchev–Trinajstić information content (AvgIpc) is 2.85. The molecule has 4 nitrogen and oxygen atoms in total. The summed E-state index contributed by atoms with van der Waals surface area (Å²) in [5, 5.41) is 4.87. The number of hydrogen-bond donors (Lipinski definition) is 0. The molecule has 0 atom stereocenters. The number of benzene rings is 1. The van der Waals surface area contributed by atoms with Crippen LogP contribution in [0.25, 0.3) is 11.4 Å². The van der Waals surface area contributed by atoms with Gasteiger partial charge in [-0.15, -0.1) is 0 Å². The number of aromatic nitrogens is 3. The van der Waals surface area contributed by atoms with E-state index in [1.165, 1.54) is 6.33 Å². The molecule has 21 heavy (non-hydrogen) atoms. The quantitative estimate of drug-likeness (QED) is 0.533. The second kappa shape index (κ2) is 7.04. The Morgan fingerprint density at radius 2 is 2.10 bits per heavy atom. The highest BCUT2D eigenvalue weighted by Crippen LogP contribution is 2.27. The predicted octanol–water partition coefficient (Wildman–Crippen LogP) is 4.67. The topological polar surface area (TPSA) is 39.9 Å². The van der Waals surface area contributed by atoms with Gasteiger partial charge in [0, 0.05) is 24.7 Å². The minimum atomic E-state index is -1.06. The molecule has 114 valence electrons. The van der Waals surface area contributed by atoms with Crippen molar-refractivity contribution in [3.8, 4) is 11.4 Å². The second-order valence-electron chi connectivity index (χ2n) is 6.06. The van der Waals surface area contributed by atoms with Crippen molar-refractivity contribution < 1.29 is 4.74 Å². The van der Waals surface area contributed by atoms with Crippen LogP contribution in [0.2, 0.25) is 30.7 Å². The summed E-state index contributed by atoms with van der Waals surface area (Å²) in [6.45, 7) is 8.17. The Bertz CT molecular complexity index is 613. The maximum absolute atomic E-state index is 6.13. The van der Waals surface area contributed by atoms with E-state index in [2.05, 4.69) is 45.7 Å². The van der Waals surface area contributed by atoms with Gasteiger partial charge in [-0.05, 0) is 40.2 Å². The van der Waals surface area contributed by atoms with Crippen molar-refractivity contribution in [2.75, 3.05) is 6.61 Å². The van der Waals surface area contributed by atoms with Gasteiger partial charge >= 0.3 is 0 Å². The smallest absolute Gasteiger partial charge is 0.160 e. The molecular weight excluding hydrogens is 370 g/mol. The Morgan fingerprint density at radius 3 is 2.76 bits per heavy atom. The van der Waals surface area contributed by atoms with Crippen LogP contribution >= 0.6 is 27.5 Å². The molecule has 0 fully saturated rings. The van der Waals surface area contributed by atoms with Gasteiger partial charge in [-0.2, -0.15) is 5.10 Å². The van der Waals surface area contributed by atoms with Gasteiger partial charge in [0.15, 0.2) is 5.82 Å².